The van der Waals surface area contributed by atoms with Gasteiger partial charge in [-0.3, -0.25) is 4.57 Å². The minimum atomic E-state index is -0.950. The second-order valence-electron chi connectivity index (χ2n) is 6.60. The highest BCUT2D eigenvalue weighted by atomic mass is 16.7. The predicted molar refractivity (Wildman–Crippen MR) is 111 cm³/mol. The number of benzene rings is 1. The first-order chi connectivity index (χ1) is 14.5. The van der Waals surface area contributed by atoms with E-state index in [1.807, 2.05) is 24.3 Å². The Morgan fingerprint density at radius 1 is 1.37 bits per heavy atom. The number of carbonyl (C=O) groups excluding carboxylic acids is 2. The Morgan fingerprint density at radius 2 is 2.10 bits per heavy atom. The molecule has 2 aromatic rings. The van der Waals surface area contributed by atoms with Crippen LogP contribution in [-0.4, -0.2) is 29.4 Å². The van der Waals surface area contributed by atoms with Gasteiger partial charge in [0.2, 0.25) is 0 Å². The first kappa shape index (κ1) is 20.9. The molecule has 0 spiro atoms. The van der Waals surface area contributed by atoms with Crippen molar-refractivity contribution < 1.29 is 23.8 Å². The van der Waals surface area contributed by atoms with Crippen molar-refractivity contribution >= 4 is 28.4 Å². The lowest BCUT2D eigenvalue weighted by Gasteiger charge is -2.15. The quantitative estimate of drug-likeness (QED) is 0.286. The Hall–Kier alpha value is -3.79. The van der Waals surface area contributed by atoms with E-state index < -0.39 is 18.2 Å². The van der Waals surface area contributed by atoms with Gasteiger partial charge in [0.05, 0.1) is 6.61 Å². The van der Waals surface area contributed by atoms with Crippen molar-refractivity contribution in [1.82, 2.24) is 4.57 Å². The fraction of sp³-hybridized carbons (Fsp3) is 0.261. The standard InChI is InChI=1S/C23H22N2O5/c1-4-6-11-18-16-9-7-8-10-17(16)19(13-24)25(18)20(23(27)28-5-2)14-29-21-12-15(3)22(26)30-21/h4,7-10,12,14,21H,1,5-6,11H2,2-3H3/b20-14+. The van der Waals surface area contributed by atoms with Crippen molar-refractivity contribution in [1.29, 1.82) is 5.26 Å². The van der Waals surface area contributed by atoms with Crippen molar-refractivity contribution in [3.05, 3.63) is 66.2 Å². The minimum absolute atomic E-state index is 0.0256. The van der Waals surface area contributed by atoms with Crippen molar-refractivity contribution in [3.63, 3.8) is 0 Å². The molecule has 0 saturated carbocycles. The molecule has 1 aliphatic heterocycles. The molecule has 0 aliphatic carbocycles. The Labute approximate surface area is 174 Å². The average molecular weight is 406 g/mol. The molecule has 0 radical (unpaired) electrons. The molecular weight excluding hydrogens is 384 g/mol. The molecule has 7 heteroatoms. The fourth-order valence-corrected chi connectivity index (χ4v) is 3.28. The van der Waals surface area contributed by atoms with E-state index in [1.165, 1.54) is 12.3 Å². The zero-order valence-electron chi connectivity index (χ0n) is 16.9. The molecule has 1 aromatic carbocycles. The topological polar surface area (TPSA) is 90.5 Å². The van der Waals surface area contributed by atoms with Gasteiger partial charge in [-0.15, -0.1) is 6.58 Å². The van der Waals surface area contributed by atoms with Crippen LogP contribution in [0.25, 0.3) is 16.5 Å². The summed E-state index contributed by atoms with van der Waals surface area (Å²) in [6.45, 7) is 7.22. The lowest BCUT2D eigenvalue weighted by Crippen LogP contribution is -2.18. The number of rotatable bonds is 8. The number of fused-ring (bicyclic) bond motifs is 1. The number of allylic oxidation sites excluding steroid dienone is 1. The number of esters is 2. The molecule has 7 nitrogen and oxygen atoms in total. The fourth-order valence-electron chi connectivity index (χ4n) is 3.28. The van der Waals surface area contributed by atoms with Crippen LogP contribution in [0.15, 0.2) is 54.8 Å². The lowest BCUT2D eigenvalue weighted by molar-refractivity contribution is -0.152. The van der Waals surface area contributed by atoms with Crippen LogP contribution in [0.2, 0.25) is 0 Å². The smallest absolute Gasteiger partial charge is 0.358 e. The van der Waals surface area contributed by atoms with Crippen LogP contribution in [0.1, 0.15) is 31.7 Å². The second-order valence-corrected chi connectivity index (χ2v) is 6.60. The minimum Gasteiger partial charge on any atom is -0.461 e. The molecule has 2 heterocycles. The van der Waals surface area contributed by atoms with Crippen molar-refractivity contribution in [3.8, 4) is 6.07 Å². The van der Waals surface area contributed by atoms with E-state index >= 15 is 0 Å². The van der Waals surface area contributed by atoms with Crippen molar-refractivity contribution in [2.75, 3.05) is 6.61 Å². The molecule has 3 rings (SSSR count). The highest BCUT2D eigenvalue weighted by Crippen LogP contribution is 2.31. The van der Waals surface area contributed by atoms with Gasteiger partial charge < -0.3 is 14.2 Å². The summed E-state index contributed by atoms with van der Waals surface area (Å²) in [6, 6.07) is 9.63. The van der Waals surface area contributed by atoms with Crippen molar-refractivity contribution in [2.24, 2.45) is 0 Å². The van der Waals surface area contributed by atoms with Gasteiger partial charge in [0, 0.05) is 28.1 Å². The molecule has 1 aromatic heterocycles. The van der Waals surface area contributed by atoms with E-state index in [4.69, 9.17) is 14.2 Å². The third-order valence-electron chi connectivity index (χ3n) is 4.65. The third kappa shape index (κ3) is 3.98. The maximum Gasteiger partial charge on any atom is 0.358 e. The number of ether oxygens (including phenoxy) is 3. The summed E-state index contributed by atoms with van der Waals surface area (Å²) in [7, 11) is 0. The van der Waals surface area contributed by atoms with Crippen LogP contribution < -0.4 is 0 Å². The summed E-state index contributed by atoms with van der Waals surface area (Å²) < 4.78 is 17.4. The van der Waals surface area contributed by atoms with Crippen molar-refractivity contribution in [2.45, 2.75) is 33.0 Å². The number of hydrogen-bond donors (Lipinski definition) is 0. The van der Waals surface area contributed by atoms with Crippen LogP contribution in [0.5, 0.6) is 0 Å². The molecule has 0 N–H and O–H groups in total. The number of aromatic nitrogens is 1. The Morgan fingerprint density at radius 3 is 2.70 bits per heavy atom. The lowest BCUT2D eigenvalue weighted by atomic mass is 10.1. The van der Waals surface area contributed by atoms with Gasteiger partial charge in [0.1, 0.15) is 18.0 Å². The van der Waals surface area contributed by atoms with Gasteiger partial charge in [-0.05, 0) is 26.7 Å². The molecule has 154 valence electrons. The molecule has 1 unspecified atom stereocenters. The SMILES string of the molecule is C=CCCc1c2ccccc2c(C#N)n1/C(=C/OC1C=C(C)C(=O)O1)C(=O)OCC. The Bertz CT molecular complexity index is 1100. The Balaban J connectivity index is 2.16. The van der Waals surface area contributed by atoms with Gasteiger partial charge in [-0.2, -0.15) is 5.26 Å². The molecule has 0 saturated heterocycles. The van der Waals surface area contributed by atoms with Crippen LogP contribution in [0.4, 0.5) is 0 Å². The van der Waals surface area contributed by atoms with E-state index in [1.54, 1.807) is 24.5 Å². The van der Waals surface area contributed by atoms with Gasteiger partial charge in [0.25, 0.3) is 6.29 Å². The first-order valence-corrected chi connectivity index (χ1v) is 9.57. The van der Waals surface area contributed by atoms with E-state index in [-0.39, 0.29) is 12.3 Å². The van der Waals surface area contributed by atoms with Gasteiger partial charge in [-0.1, -0.05) is 30.3 Å². The summed E-state index contributed by atoms with van der Waals surface area (Å²) in [5.41, 5.74) is 1.50. The van der Waals surface area contributed by atoms with Crippen LogP contribution >= 0.6 is 0 Å². The molecule has 1 aliphatic rings. The highest BCUT2D eigenvalue weighted by Gasteiger charge is 2.27. The Kier molecular flexibility index (Phi) is 6.38. The normalized spacial score (nSPS) is 16.0. The summed E-state index contributed by atoms with van der Waals surface area (Å²) in [5, 5.41) is 11.5. The molecule has 0 fully saturated rings. The van der Waals surface area contributed by atoms with E-state index in [0.29, 0.717) is 24.1 Å². The van der Waals surface area contributed by atoms with E-state index in [2.05, 4.69) is 12.6 Å². The van der Waals surface area contributed by atoms with Gasteiger partial charge in [-0.25, -0.2) is 9.59 Å². The molecule has 0 bridgehead atoms. The highest BCUT2D eigenvalue weighted by molar-refractivity contribution is 6.11. The first-order valence-electron chi connectivity index (χ1n) is 9.57. The number of nitriles is 1. The van der Waals surface area contributed by atoms with Crippen LogP contribution in [0.3, 0.4) is 0 Å². The van der Waals surface area contributed by atoms with E-state index in [9.17, 15) is 14.9 Å². The maximum atomic E-state index is 12.8. The molecule has 30 heavy (non-hydrogen) atoms. The van der Waals surface area contributed by atoms with Crippen LogP contribution in [-0.2, 0) is 30.2 Å². The summed E-state index contributed by atoms with van der Waals surface area (Å²) in [5.74, 6) is -1.14. The number of hydrogen-bond acceptors (Lipinski definition) is 6. The van der Waals surface area contributed by atoms with Gasteiger partial charge in [0.15, 0.2) is 5.70 Å². The molecule has 1 atom stereocenters. The molecular formula is C23H22N2O5. The summed E-state index contributed by atoms with van der Waals surface area (Å²) in [6.07, 6.45) is 4.72. The number of carbonyl (C=O) groups is 2. The number of cyclic esters (lactones) is 1. The average Bonchev–Trinajstić information content (AvgIpc) is 3.23. The second kappa shape index (κ2) is 9.14. The summed E-state index contributed by atoms with van der Waals surface area (Å²) in [4.78, 5) is 24.4. The zero-order valence-corrected chi connectivity index (χ0v) is 16.9. The van der Waals surface area contributed by atoms with Gasteiger partial charge >= 0.3 is 11.9 Å². The predicted octanol–water partition coefficient (Wildman–Crippen LogP) is 3.84. The summed E-state index contributed by atoms with van der Waals surface area (Å²) >= 11 is 0. The van der Waals surface area contributed by atoms with E-state index in [0.717, 1.165) is 16.5 Å². The zero-order chi connectivity index (χ0) is 21.7. The largest absolute Gasteiger partial charge is 0.461 e. The number of aryl methyl sites for hydroxylation is 1. The molecule has 0 amide bonds. The third-order valence-corrected chi connectivity index (χ3v) is 4.65. The maximum absolute atomic E-state index is 12.8. The van der Waals surface area contributed by atoms with Crippen LogP contribution in [0, 0.1) is 11.3 Å². The number of nitrogens with zero attached hydrogens (tertiary/aromatic N) is 2. The monoisotopic (exact) mass is 406 g/mol.